The van der Waals surface area contributed by atoms with Crippen LogP contribution in [-0.2, 0) is 0 Å². The van der Waals surface area contributed by atoms with Gasteiger partial charge in [-0.25, -0.2) is 4.39 Å². The summed E-state index contributed by atoms with van der Waals surface area (Å²) in [5, 5.41) is 4.07. The summed E-state index contributed by atoms with van der Waals surface area (Å²) in [6, 6.07) is 12.3. The van der Waals surface area contributed by atoms with Gasteiger partial charge in [0, 0.05) is 11.1 Å². The van der Waals surface area contributed by atoms with Gasteiger partial charge in [0.05, 0.1) is 18.8 Å². The van der Waals surface area contributed by atoms with Crippen LogP contribution in [0.5, 0.6) is 5.75 Å². The predicted octanol–water partition coefficient (Wildman–Crippen LogP) is 5.05. The summed E-state index contributed by atoms with van der Waals surface area (Å²) in [6.45, 7) is 2.08. The maximum atomic E-state index is 13.2. The quantitative estimate of drug-likeness (QED) is 0.833. The lowest BCUT2D eigenvalue weighted by Crippen LogP contribution is -2.10. The standard InChI is InChI=1S/C16H17ClFNO/c1-3-14(11-5-4-6-12(17)9-11)19-15-8-7-13(18)10-16(15)20-2/h4-10,14,19H,3H2,1-2H3. The number of anilines is 1. The third kappa shape index (κ3) is 3.42. The SMILES string of the molecule is CCC(Nc1ccc(F)cc1OC)c1cccc(Cl)c1. The van der Waals surface area contributed by atoms with Gasteiger partial charge >= 0.3 is 0 Å². The van der Waals surface area contributed by atoms with Crippen molar-refractivity contribution in [3.8, 4) is 5.75 Å². The van der Waals surface area contributed by atoms with Crippen molar-refractivity contribution in [2.24, 2.45) is 0 Å². The van der Waals surface area contributed by atoms with Gasteiger partial charge in [-0.2, -0.15) is 0 Å². The highest BCUT2D eigenvalue weighted by Crippen LogP contribution is 2.31. The highest BCUT2D eigenvalue weighted by molar-refractivity contribution is 6.30. The maximum Gasteiger partial charge on any atom is 0.144 e. The first kappa shape index (κ1) is 14.7. The molecule has 2 aromatic rings. The Morgan fingerprint density at radius 2 is 2.05 bits per heavy atom. The summed E-state index contributed by atoms with van der Waals surface area (Å²) in [7, 11) is 1.53. The van der Waals surface area contributed by atoms with Gasteiger partial charge in [0.1, 0.15) is 11.6 Å². The van der Waals surface area contributed by atoms with Crippen LogP contribution in [0.4, 0.5) is 10.1 Å². The van der Waals surface area contributed by atoms with E-state index in [2.05, 4.69) is 12.2 Å². The molecule has 1 unspecified atom stereocenters. The molecule has 2 aromatic carbocycles. The zero-order chi connectivity index (χ0) is 14.5. The van der Waals surface area contributed by atoms with Gasteiger partial charge in [-0.05, 0) is 36.2 Å². The zero-order valence-electron chi connectivity index (χ0n) is 11.5. The first-order valence-corrected chi connectivity index (χ1v) is 6.87. The van der Waals surface area contributed by atoms with E-state index in [-0.39, 0.29) is 11.9 Å². The van der Waals surface area contributed by atoms with Crippen LogP contribution in [0.2, 0.25) is 5.02 Å². The number of ether oxygens (including phenoxy) is 1. The number of hydrogen-bond donors (Lipinski definition) is 1. The molecule has 106 valence electrons. The molecular formula is C16H17ClFNO. The fourth-order valence-electron chi connectivity index (χ4n) is 2.12. The van der Waals surface area contributed by atoms with E-state index in [4.69, 9.17) is 16.3 Å². The van der Waals surface area contributed by atoms with Crippen molar-refractivity contribution in [2.45, 2.75) is 19.4 Å². The lowest BCUT2D eigenvalue weighted by atomic mass is 10.0. The Bertz CT molecular complexity index is 588. The van der Waals surface area contributed by atoms with Gasteiger partial charge in [-0.1, -0.05) is 30.7 Å². The van der Waals surface area contributed by atoms with Crippen LogP contribution in [0.3, 0.4) is 0 Å². The zero-order valence-corrected chi connectivity index (χ0v) is 12.2. The predicted molar refractivity (Wildman–Crippen MR) is 81.1 cm³/mol. The summed E-state index contributed by atoms with van der Waals surface area (Å²) < 4.78 is 18.4. The van der Waals surface area contributed by atoms with Gasteiger partial charge in [-0.3, -0.25) is 0 Å². The Morgan fingerprint density at radius 3 is 2.70 bits per heavy atom. The Balaban J connectivity index is 2.26. The Morgan fingerprint density at radius 1 is 1.25 bits per heavy atom. The minimum absolute atomic E-state index is 0.0908. The van der Waals surface area contributed by atoms with Crippen molar-refractivity contribution in [1.29, 1.82) is 0 Å². The molecule has 2 rings (SSSR count). The number of rotatable bonds is 5. The molecule has 0 radical (unpaired) electrons. The molecule has 1 atom stereocenters. The van der Waals surface area contributed by atoms with Crippen molar-refractivity contribution in [1.82, 2.24) is 0 Å². The largest absolute Gasteiger partial charge is 0.494 e. The average molecular weight is 294 g/mol. The van der Waals surface area contributed by atoms with E-state index in [1.165, 1.54) is 19.2 Å². The van der Waals surface area contributed by atoms with Crippen LogP contribution in [0.25, 0.3) is 0 Å². The lowest BCUT2D eigenvalue weighted by Gasteiger charge is -2.20. The van der Waals surface area contributed by atoms with E-state index in [0.717, 1.165) is 17.7 Å². The second kappa shape index (κ2) is 6.62. The lowest BCUT2D eigenvalue weighted by molar-refractivity contribution is 0.412. The summed E-state index contributed by atoms with van der Waals surface area (Å²) in [6.07, 6.45) is 0.876. The molecule has 0 aliphatic heterocycles. The summed E-state index contributed by atoms with van der Waals surface area (Å²) in [4.78, 5) is 0. The molecule has 0 spiro atoms. The minimum atomic E-state index is -0.316. The highest BCUT2D eigenvalue weighted by Gasteiger charge is 2.12. The molecule has 0 bridgehead atoms. The van der Waals surface area contributed by atoms with Gasteiger partial charge in [0.15, 0.2) is 0 Å². The third-order valence-electron chi connectivity index (χ3n) is 3.15. The fourth-order valence-corrected chi connectivity index (χ4v) is 2.32. The number of nitrogens with one attached hydrogen (secondary N) is 1. The Kier molecular flexibility index (Phi) is 4.85. The van der Waals surface area contributed by atoms with Crippen LogP contribution in [0, 0.1) is 5.82 Å². The molecule has 0 saturated carbocycles. The van der Waals surface area contributed by atoms with E-state index < -0.39 is 0 Å². The Hall–Kier alpha value is -1.74. The van der Waals surface area contributed by atoms with Crippen LogP contribution in [-0.4, -0.2) is 7.11 Å². The first-order valence-electron chi connectivity index (χ1n) is 6.49. The van der Waals surface area contributed by atoms with Gasteiger partial charge < -0.3 is 10.1 Å². The molecule has 0 aromatic heterocycles. The maximum absolute atomic E-state index is 13.2. The molecule has 20 heavy (non-hydrogen) atoms. The van der Waals surface area contributed by atoms with E-state index in [1.807, 2.05) is 24.3 Å². The third-order valence-corrected chi connectivity index (χ3v) is 3.39. The average Bonchev–Trinajstić information content (AvgIpc) is 2.45. The van der Waals surface area contributed by atoms with E-state index >= 15 is 0 Å². The fraction of sp³-hybridized carbons (Fsp3) is 0.250. The second-order valence-corrected chi connectivity index (χ2v) is 4.94. The smallest absolute Gasteiger partial charge is 0.144 e. The summed E-state index contributed by atoms with van der Waals surface area (Å²) >= 11 is 6.03. The molecule has 0 fully saturated rings. The van der Waals surface area contributed by atoms with Crippen molar-refractivity contribution in [3.05, 3.63) is 58.9 Å². The molecular weight excluding hydrogens is 277 g/mol. The normalized spacial score (nSPS) is 12.0. The highest BCUT2D eigenvalue weighted by atomic mass is 35.5. The van der Waals surface area contributed by atoms with E-state index in [9.17, 15) is 4.39 Å². The second-order valence-electron chi connectivity index (χ2n) is 4.50. The van der Waals surface area contributed by atoms with Crippen molar-refractivity contribution < 1.29 is 9.13 Å². The molecule has 0 amide bonds. The number of hydrogen-bond acceptors (Lipinski definition) is 2. The summed E-state index contributed by atoms with van der Waals surface area (Å²) in [5.41, 5.74) is 1.85. The minimum Gasteiger partial charge on any atom is -0.494 e. The van der Waals surface area contributed by atoms with Crippen molar-refractivity contribution in [3.63, 3.8) is 0 Å². The molecule has 0 aliphatic rings. The molecule has 4 heteroatoms. The van der Waals surface area contributed by atoms with Crippen molar-refractivity contribution in [2.75, 3.05) is 12.4 Å². The van der Waals surface area contributed by atoms with Gasteiger partial charge in [0.2, 0.25) is 0 Å². The molecule has 1 N–H and O–H groups in total. The van der Waals surface area contributed by atoms with Crippen LogP contribution in [0.15, 0.2) is 42.5 Å². The number of methoxy groups -OCH3 is 1. The van der Waals surface area contributed by atoms with Crippen LogP contribution >= 0.6 is 11.6 Å². The van der Waals surface area contributed by atoms with Gasteiger partial charge in [0.25, 0.3) is 0 Å². The molecule has 2 nitrogen and oxygen atoms in total. The first-order chi connectivity index (χ1) is 9.63. The molecule has 0 saturated heterocycles. The monoisotopic (exact) mass is 293 g/mol. The topological polar surface area (TPSA) is 21.3 Å². The number of benzene rings is 2. The summed E-state index contributed by atoms with van der Waals surface area (Å²) in [5.74, 6) is 0.175. The van der Waals surface area contributed by atoms with Crippen LogP contribution in [0.1, 0.15) is 24.9 Å². The molecule has 0 heterocycles. The number of halogens is 2. The molecule has 0 aliphatic carbocycles. The Labute approximate surface area is 123 Å². The van der Waals surface area contributed by atoms with Crippen molar-refractivity contribution >= 4 is 17.3 Å². The van der Waals surface area contributed by atoms with E-state index in [0.29, 0.717) is 10.8 Å². The van der Waals surface area contributed by atoms with Gasteiger partial charge in [-0.15, -0.1) is 0 Å². The van der Waals surface area contributed by atoms with E-state index in [1.54, 1.807) is 6.07 Å². The van der Waals surface area contributed by atoms with Crippen LogP contribution < -0.4 is 10.1 Å².